The first-order valence-electron chi connectivity index (χ1n) is 7.42. The fourth-order valence-electron chi connectivity index (χ4n) is 2.20. The highest BCUT2D eigenvalue weighted by atomic mass is 16.5. The van der Waals surface area contributed by atoms with Crippen LogP contribution in [0, 0.1) is 0 Å². The first-order valence-corrected chi connectivity index (χ1v) is 7.42. The number of carboxylic acid groups (broad SMARTS) is 1. The van der Waals surface area contributed by atoms with Crippen molar-refractivity contribution in [2.45, 2.75) is 12.6 Å². The van der Waals surface area contributed by atoms with Crippen LogP contribution in [0.2, 0.25) is 0 Å². The molecule has 0 bridgehead atoms. The van der Waals surface area contributed by atoms with Crippen LogP contribution in [0.15, 0.2) is 54.6 Å². The summed E-state index contributed by atoms with van der Waals surface area (Å²) in [6, 6.07) is 16.0. The minimum Gasteiger partial charge on any atom is -0.491 e. The van der Waals surface area contributed by atoms with Crippen molar-refractivity contribution in [2.75, 3.05) is 20.3 Å². The molecule has 23 heavy (non-hydrogen) atoms. The van der Waals surface area contributed by atoms with Crippen LogP contribution >= 0.6 is 0 Å². The SMILES string of the molecule is COCCOc1cccc(CN[C@H](C(=O)O)c2ccccc2)c1. The second-order valence-electron chi connectivity index (χ2n) is 5.05. The average Bonchev–Trinajstić information content (AvgIpc) is 2.56. The fourth-order valence-corrected chi connectivity index (χ4v) is 2.20. The van der Waals surface area contributed by atoms with Crippen molar-refractivity contribution in [2.24, 2.45) is 0 Å². The molecule has 1 atom stereocenters. The number of hydrogen-bond donors (Lipinski definition) is 2. The number of carboxylic acids is 1. The van der Waals surface area contributed by atoms with Gasteiger partial charge in [0.05, 0.1) is 6.61 Å². The van der Waals surface area contributed by atoms with Gasteiger partial charge < -0.3 is 14.6 Å². The van der Waals surface area contributed by atoms with Crippen molar-refractivity contribution < 1.29 is 19.4 Å². The summed E-state index contributed by atoms with van der Waals surface area (Å²) in [5.74, 6) is -0.156. The van der Waals surface area contributed by atoms with E-state index < -0.39 is 12.0 Å². The summed E-state index contributed by atoms with van der Waals surface area (Å²) in [6.45, 7) is 1.44. The van der Waals surface area contributed by atoms with Gasteiger partial charge in [0, 0.05) is 13.7 Å². The first-order chi connectivity index (χ1) is 11.2. The molecule has 2 N–H and O–H groups in total. The Balaban J connectivity index is 1.98. The number of rotatable bonds is 9. The Kier molecular flexibility index (Phi) is 6.59. The van der Waals surface area contributed by atoms with E-state index in [1.807, 2.05) is 42.5 Å². The smallest absolute Gasteiger partial charge is 0.325 e. The lowest BCUT2D eigenvalue weighted by atomic mass is 10.1. The van der Waals surface area contributed by atoms with Gasteiger partial charge in [-0.1, -0.05) is 42.5 Å². The lowest BCUT2D eigenvalue weighted by molar-refractivity contribution is -0.139. The van der Waals surface area contributed by atoms with Crippen LogP contribution in [-0.4, -0.2) is 31.4 Å². The number of hydrogen-bond acceptors (Lipinski definition) is 4. The monoisotopic (exact) mass is 315 g/mol. The predicted molar refractivity (Wildman–Crippen MR) is 87.5 cm³/mol. The van der Waals surface area contributed by atoms with Crippen molar-refractivity contribution in [3.8, 4) is 5.75 Å². The summed E-state index contributed by atoms with van der Waals surface area (Å²) in [7, 11) is 1.62. The summed E-state index contributed by atoms with van der Waals surface area (Å²) in [4.78, 5) is 11.5. The van der Waals surface area contributed by atoms with Crippen molar-refractivity contribution in [1.29, 1.82) is 0 Å². The van der Waals surface area contributed by atoms with E-state index in [4.69, 9.17) is 9.47 Å². The Morgan fingerprint density at radius 2 is 1.91 bits per heavy atom. The molecule has 0 aliphatic rings. The molecule has 5 nitrogen and oxygen atoms in total. The topological polar surface area (TPSA) is 67.8 Å². The maximum Gasteiger partial charge on any atom is 0.325 e. The molecule has 0 fully saturated rings. The molecular weight excluding hydrogens is 294 g/mol. The highest BCUT2D eigenvalue weighted by Crippen LogP contribution is 2.16. The largest absolute Gasteiger partial charge is 0.491 e. The number of benzene rings is 2. The number of nitrogens with one attached hydrogen (secondary N) is 1. The van der Waals surface area contributed by atoms with E-state index in [1.54, 1.807) is 19.2 Å². The molecule has 5 heteroatoms. The third-order valence-electron chi connectivity index (χ3n) is 3.34. The minimum atomic E-state index is -0.899. The van der Waals surface area contributed by atoms with Crippen molar-refractivity contribution in [1.82, 2.24) is 5.32 Å². The van der Waals surface area contributed by atoms with Gasteiger partial charge in [0.1, 0.15) is 18.4 Å². The zero-order valence-electron chi connectivity index (χ0n) is 13.1. The molecule has 0 aliphatic heterocycles. The van der Waals surface area contributed by atoms with Crippen LogP contribution in [0.25, 0.3) is 0 Å². The van der Waals surface area contributed by atoms with Crippen LogP contribution in [0.4, 0.5) is 0 Å². The molecule has 2 aromatic carbocycles. The van der Waals surface area contributed by atoms with Crippen LogP contribution in [0.3, 0.4) is 0 Å². The third-order valence-corrected chi connectivity index (χ3v) is 3.34. The molecule has 0 saturated carbocycles. The van der Waals surface area contributed by atoms with E-state index in [1.165, 1.54) is 0 Å². The molecule has 122 valence electrons. The standard InChI is InChI=1S/C18H21NO4/c1-22-10-11-23-16-9-5-6-14(12-16)13-19-17(18(20)21)15-7-3-2-4-8-15/h2-9,12,17,19H,10-11,13H2,1H3,(H,20,21)/t17-/m0/s1. The van der Waals surface area contributed by atoms with Crippen molar-refractivity contribution in [3.63, 3.8) is 0 Å². The molecule has 0 amide bonds. The van der Waals surface area contributed by atoms with Gasteiger partial charge in [-0.25, -0.2) is 0 Å². The Morgan fingerprint density at radius 1 is 1.13 bits per heavy atom. The van der Waals surface area contributed by atoms with Crippen LogP contribution in [0.1, 0.15) is 17.2 Å². The summed E-state index contributed by atoms with van der Waals surface area (Å²) in [6.07, 6.45) is 0. The zero-order valence-corrected chi connectivity index (χ0v) is 13.1. The number of carbonyl (C=O) groups is 1. The lowest BCUT2D eigenvalue weighted by Gasteiger charge is -2.15. The molecular formula is C18H21NO4. The van der Waals surface area contributed by atoms with E-state index >= 15 is 0 Å². The van der Waals surface area contributed by atoms with Crippen LogP contribution in [-0.2, 0) is 16.1 Å². The fraction of sp³-hybridized carbons (Fsp3) is 0.278. The molecule has 0 radical (unpaired) electrons. The van der Waals surface area contributed by atoms with E-state index in [9.17, 15) is 9.90 Å². The average molecular weight is 315 g/mol. The second-order valence-corrected chi connectivity index (χ2v) is 5.05. The van der Waals surface area contributed by atoms with Gasteiger partial charge in [-0.05, 0) is 23.3 Å². The molecule has 0 spiro atoms. The highest BCUT2D eigenvalue weighted by molar-refractivity contribution is 5.75. The van der Waals surface area contributed by atoms with Crippen LogP contribution < -0.4 is 10.1 Å². The number of ether oxygens (including phenoxy) is 2. The van der Waals surface area contributed by atoms with Gasteiger partial charge >= 0.3 is 5.97 Å². The highest BCUT2D eigenvalue weighted by Gasteiger charge is 2.18. The van der Waals surface area contributed by atoms with E-state index in [0.717, 1.165) is 16.9 Å². The quantitative estimate of drug-likeness (QED) is 0.696. The van der Waals surface area contributed by atoms with Crippen molar-refractivity contribution in [3.05, 3.63) is 65.7 Å². The van der Waals surface area contributed by atoms with Gasteiger partial charge in [-0.3, -0.25) is 10.1 Å². The minimum absolute atomic E-state index is 0.438. The number of methoxy groups -OCH3 is 1. The summed E-state index contributed by atoms with van der Waals surface area (Å²) >= 11 is 0. The summed E-state index contributed by atoms with van der Waals surface area (Å²) < 4.78 is 10.5. The maximum absolute atomic E-state index is 11.5. The molecule has 2 aromatic rings. The Labute approximate surface area is 135 Å². The Hall–Kier alpha value is -2.37. The van der Waals surface area contributed by atoms with Gasteiger partial charge in [0.15, 0.2) is 0 Å². The Bertz CT molecular complexity index is 615. The molecule has 0 aliphatic carbocycles. The summed E-state index contributed by atoms with van der Waals surface area (Å²) in [5.41, 5.74) is 1.69. The van der Waals surface area contributed by atoms with Gasteiger partial charge in [0.25, 0.3) is 0 Å². The predicted octanol–water partition coefficient (Wildman–Crippen LogP) is 2.63. The van der Waals surface area contributed by atoms with E-state index in [-0.39, 0.29) is 0 Å². The maximum atomic E-state index is 11.5. The normalized spacial score (nSPS) is 11.9. The first kappa shape index (κ1) is 17.0. The Morgan fingerprint density at radius 3 is 2.61 bits per heavy atom. The lowest BCUT2D eigenvalue weighted by Crippen LogP contribution is -2.28. The summed E-state index contributed by atoms with van der Waals surface area (Å²) in [5, 5.41) is 12.5. The second kappa shape index (κ2) is 8.92. The molecule has 0 heterocycles. The molecule has 0 saturated heterocycles. The van der Waals surface area contributed by atoms with Gasteiger partial charge in [-0.15, -0.1) is 0 Å². The number of aliphatic carboxylic acids is 1. The van der Waals surface area contributed by atoms with E-state index in [2.05, 4.69) is 5.32 Å². The van der Waals surface area contributed by atoms with E-state index in [0.29, 0.717) is 19.8 Å². The molecule has 2 rings (SSSR count). The van der Waals surface area contributed by atoms with Gasteiger partial charge in [-0.2, -0.15) is 0 Å². The third kappa shape index (κ3) is 5.39. The van der Waals surface area contributed by atoms with Gasteiger partial charge in [0.2, 0.25) is 0 Å². The van der Waals surface area contributed by atoms with Crippen molar-refractivity contribution >= 4 is 5.97 Å². The molecule has 0 unspecified atom stereocenters. The molecule has 0 aromatic heterocycles. The van der Waals surface area contributed by atoms with Crippen LogP contribution in [0.5, 0.6) is 5.75 Å². The zero-order chi connectivity index (χ0) is 16.5.